The molecule has 124 valence electrons. The molecule has 1 unspecified atom stereocenters. The van der Waals surface area contributed by atoms with Crippen molar-refractivity contribution in [2.24, 2.45) is 10.9 Å². The van der Waals surface area contributed by atoms with E-state index in [1.165, 1.54) is 18.4 Å². The molecule has 1 aromatic rings. The molecule has 1 aliphatic heterocycles. The third-order valence-corrected chi connectivity index (χ3v) is 4.00. The van der Waals surface area contributed by atoms with E-state index in [0.717, 1.165) is 43.7 Å². The fourth-order valence-electron chi connectivity index (χ4n) is 2.86. The van der Waals surface area contributed by atoms with Crippen molar-refractivity contribution in [3.63, 3.8) is 0 Å². The normalized spacial score (nSPS) is 18.6. The summed E-state index contributed by atoms with van der Waals surface area (Å²) in [5.74, 6) is 2.71. The van der Waals surface area contributed by atoms with Crippen LogP contribution in [-0.2, 0) is 6.42 Å². The molecule has 5 heteroatoms. The maximum absolute atomic E-state index is 5.26. The second kappa shape index (κ2) is 9.92. The average Bonchev–Trinajstić information content (AvgIpc) is 2.52. The predicted octanol–water partition coefficient (Wildman–Crippen LogP) is 3.16. The second-order valence-electron chi connectivity index (χ2n) is 5.77. The number of nitrogens with zero attached hydrogens (tertiary/aromatic N) is 2. The number of piperidine rings is 1. The van der Waals surface area contributed by atoms with Gasteiger partial charge < -0.3 is 15.0 Å². The van der Waals surface area contributed by atoms with Gasteiger partial charge in [-0.25, -0.2) is 0 Å². The van der Waals surface area contributed by atoms with Gasteiger partial charge in [-0.15, -0.1) is 24.0 Å². The van der Waals surface area contributed by atoms with Gasteiger partial charge in [0.15, 0.2) is 5.96 Å². The molecule has 0 bridgehead atoms. The van der Waals surface area contributed by atoms with Crippen molar-refractivity contribution in [2.75, 3.05) is 33.8 Å². The summed E-state index contributed by atoms with van der Waals surface area (Å²) in [6.45, 7) is 5.43. The van der Waals surface area contributed by atoms with Crippen LogP contribution in [0.2, 0.25) is 0 Å². The Bertz CT molecular complexity index is 479. The molecule has 0 aromatic heterocycles. The highest BCUT2D eigenvalue weighted by Crippen LogP contribution is 2.15. The molecule has 1 aromatic carbocycles. The summed E-state index contributed by atoms with van der Waals surface area (Å²) < 4.78 is 5.26. The SMILES string of the molecule is CN=C(NCCc1cccc(OC)c1)N1CCCC(C)C1.I. The van der Waals surface area contributed by atoms with Gasteiger partial charge in [0.1, 0.15) is 5.75 Å². The Morgan fingerprint density at radius 1 is 1.45 bits per heavy atom. The van der Waals surface area contributed by atoms with E-state index in [1.54, 1.807) is 7.11 Å². The Morgan fingerprint density at radius 2 is 2.27 bits per heavy atom. The van der Waals surface area contributed by atoms with E-state index in [-0.39, 0.29) is 24.0 Å². The Kier molecular flexibility index (Phi) is 8.60. The minimum Gasteiger partial charge on any atom is -0.497 e. The molecule has 1 heterocycles. The van der Waals surface area contributed by atoms with Gasteiger partial charge in [0.25, 0.3) is 0 Å². The zero-order valence-electron chi connectivity index (χ0n) is 13.8. The van der Waals surface area contributed by atoms with Gasteiger partial charge in [-0.2, -0.15) is 0 Å². The number of benzene rings is 1. The fraction of sp³-hybridized carbons (Fsp3) is 0.588. The van der Waals surface area contributed by atoms with Crippen LogP contribution in [0.1, 0.15) is 25.3 Å². The lowest BCUT2D eigenvalue weighted by atomic mass is 10.0. The van der Waals surface area contributed by atoms with Crippen LogP contribution < -0.4 is 10.1 Å². The first-order valence-corrected chi connectivity index (χ1v) is 7.81. The molecule has 4 nitrogen and oxygen atoms in total. The zero-order valence-corrected chi connectivity index (χ0v) is 16.2. The summed E-state index contributed by atoms with van der Waals surface area (Å²) in [6, 6.07) is 8.24. The number of methoxy groups -OCH3 is 1. The van der Waals surface area contributed by atoms with E-state index < -0.39 is 0 Å². The quantitative estimate of drug-likeness (QED) is 0.465. The van der Waals surface area contributed by atoms with Crippen molar-refractivity contribution < 1.29 is 4.74 Å². The van der Waals surface area contributed by atoms with E-state index in [2.05, 4.69) is 34.3 Å². The number of likely N-dealkylation sites (tertiary alicyclic amines) is 1. The lowest BCUT2D eigenvalue weighted by molar-refractivity contribution is 0.266. The van der Waals surface area contributed by atoms with Gasteiger partial charge in [-0.1, -0.05) is 19.1 Å². The third kappa shape index (κ3) is 5.66. The molecule has 0 radical (unpaired) electrons. The number of ether oxygens (including phenoxy) is 1. The van der Waals surface area contributed by atoms with Gasteiger partial charge >= 0.3 is 0 Å². The molecule has 0 aliphatic carbocycles. The highest BCUT2D eigenvalue weighted by atomic mass is 127. The van der Waals surface area contributed by atoms with Crippen molar-refractivity contribution in [1.29, 1.82) is 0 Å². The van der Waals surface area contributed by atoms with Gasteiger partial charge in [0.2, 0.25) is 0 Å². The number of nitrogens with one attached hydrogen (secondary N) is 1. The number of halogens is 1. The molecule has 2 rings (SSSR count). The minimum absolute atomic E-state index is 0. The summed E-state index contributed by atoms with van der Waals surface area (Å²) >= 11 is 0. The molecule has 0 spiro atoms. The van der Waals surface area contributed by atoms with E-state index in [0.29, 0.717) is 0 Å². The molecule has 1 N–H and O–H groups in total. The standard InChI is InChI=1S/C17H27N3O.HI/c1-14-6-5-11-20(13-14)17(18-2)19-10-9-15-7-4-8-16(12-15)21-3;/h4,7-8,12,14H,5-6,9-11,13H2,1-3H3,(H,18,19);1H. The summed E-state index contributed by atoms with van der Waals surface area (Å²) in [6.07, 6.45) is 3.56. The first-order valence-electron chi connectivity index (χ1n) is 7.81. The molecule has 1 saturated heterocycles. The lowest BCUT2D eigenvalue weighted by Gasteiger charge is -2.33. The first-order chi connectivity index (χ1) is 10.2. The maximum atomic E-state index is 5.26. The van der Waals surface area contributed by atoms with Crippen molar-refractivity contribution in [3.8, 4) is 5.75 Å². The van der Waals surface area contributed by atoms with Crippen LogP contribution in [0.25, 0.3) is 0 Å². The summed E-state index contributed by atoms with van der Waals surface area (Å²) in [7, 11) is 3.57. The molecule has 0 amide bonds. The lowest BCUT2D eigenvalue weighted by Crippen LogP contribution is -2.46. The maximum Gasteiger partial charge on any atom is 0.193 e. The average molecular weight is 417 g/mol. The number of guanidine groups is 1. The van der Waals surface area contributed by atoms with E-state index in [1.807, 2.05) is 19.2 Å². The Hall–Kier alpha value is -0.980. The van der Waals surface area contributed by atoms with Crippen LogP contribution in [0, 0.1) is 5.92 Å². The van der Waals surface area contributed by atoms with E-state index >= 15 is 0 Å². The smallest absolute Gasteiger partial charge is 0.193 e. The van der Waals surface area contributed by atoms with Crippen molar-refractivity contribution in [3.05, 3.63) is 29.8 Å². The van der Waals surface area contributed by atoms with Gasteiger partial charge in [-0.05, 0) is 42.9 Å². The van der Waals surface area contributed by atoms with Gasteiger partial charge in [0, 0.05) is 26.7 Å². The molecule has 1 aliphatic rings. The van der Waals surface area contributed by atoms with Crippen LogP contribution >= 0.6 is 24.0 Å². The zero-order chi connectivity index (χ0) is 15.1. The molecule has 1 atom stereocenters. The summed E-state index contributed by atoms with van der Waals surface area (Å²) in [5.41, 5.74) is 1.28. The Balaban J connectivity index is 0.00000242. The van der Waals surface area contributed by atoms with E-state index in [9.17, 15) is 0 Å². The van der Waals surface area contributed by atoms with Crippen molar-refractivity contribution in [2.45, 2.75) is 26.2 Å². The minimum atomic E-state index is 0. The van der Waals surface area contributed by atoms with E-state index in [4.69, 9.17) is 4.74 Å². The van der Waals surface area contributed by atoms with Crippen molar-refractivity contribution >= 4 is 29.9 Å². The highest BCUT2D eigenvalue weighted by molar-refractivity contribution is 14.0. The number of rotatable bonds is 4. The Morgan fingerprint density at radius 3 is 2.95 bits per heavy atom. The number of hydrogen-bond donors (Lipinski definition) is 1. The highest BCUT2D eigenvalue weighted by Gasteiger charge is 2.18. The summed E-state index contributed by atoms with van der Waals surface area (Å²) in [5, 5.41) is 3.48. The van der Waals surface area contributed by atoms with Crippen LogP contribution in [0.4, 0.5) is 0 Å². The Labute approximate surface area is 151 Å². The van der Waals surface area contributed by atoms with Crippen LogP contribution in [-0.4, -0.2) is 44.7 Å². The third-order valence-electron chi connectivity index (χ3n) is 4.00. The topological polar surface area (TPSA) is 36.9 Å². The number of hydrogen-bond acceptors (Lipinski definition) is 2. The molecule has 22 heavy (non-hydrogen) atoms. The van der Waals surface area contributed by atoms with Crippen molar-refractivity contribution in [1.82, 2.24) is 10.2 Å². The molecule has 1 fully saturated rings. The van der Waals surface area contributed by atoms with Crippen LogP contribution in [0.5, 0.6) is 5.75 Å². The second-order valence-corrected chi connectivity index (χ2v) is 5.77. The van der Waals surface area contributed by atoms with Gasteiger partial charge in [0.05, 0.1) is 7.11 Å². The number of aliphatic imine (C=N–C) groups is 1. The monoisotopic (exact) mass is 417 g/mol. The predicted molar refractivity (Wildman–Crippen MR) is 103 cm³/mol. The van der Waals surface area contributed by atoms with Crippen LogP contribution in [0.15, 0.2) is 29.3 Å². The van der Waals surface area contributed by atoms with Gasteiger partial charge in [-0.3, -0.25) is 4.99 Å². The van der Waals surface area contributed by atoms with Crippen LogP contribution in [0.3, 0.4) is 0 Å². The summed E-state index contributed by atoms with van der Waals surface area (Å²) in [4.78, 5) is 6.79. The fourth-order valence-corrected chi connectivity index (χ4v) is 2.86. The molecule has 0 saturated carbocycles. The molecular formula is C17H28IN3O. The first kappa shape index (κ1) is 19.1. The largest absolute Gasteiger partial charge is 0.497 e. The molecular weight excluding hydrogens is 389 g/mol.